The first kappa shape index (κ1) is 14.9. The quantitative estimate of drug-likeness (QED) is 0.847. The standard InChI is InChI=1S/C18H27NO2/c1-2-19-11-7-18(8-12-19)21-17-5-3-15(4-6-17)16-9-13-20-14-10-16/h3-6,16,18H,2,7-14H2,1H3. The monoisotopic (exact) mass is 289 g/mol. The van der Waals surface area contributed by atoms with Crippen LogP contribution in [0.2, 0.25) is 0 Å². The summed E-state index contributed by atoms with van der Waals surface area (Å²) < 4.78 is 11.6. The van der Waals surface area contributed by atoms with Crippen molar-refractivity contribution in [3.05, 3.63) is 29.8 Å². The van der Waals surface area contributed by atoms with Gasteiger partial charge in [0.25, 0.3) is 0 Å². The lowest BCUT2D eigenvalue weighted by Crippen LogP contribution is -2.37. The van der Waals surface area contributed by atoms with Crippen molar-refractivity contribution in [3.63, 3.8) is 0 Å². The van der Waals surface area contributed by atoms with Crippen LogP contribution in [0.1, 0.15) is 44.1 Å². The Balaban J connectivity index is 1.52. The molecule has 1 aromatic carbocycles. The number of nitrogens with zero attached hydrogens (tertiary/aromatic N) is 1. The largest absolute Gasteiger partial charge is 0.490 e. The van der Waals surface area contributed by atoms with E-state index in [1.54, 1.807) is 0 Å². The van der Waals surface area contributed by atoms with E-state index in [2.05, 4.69) is 36.1 Å². The molecular weight excluding hydrogens is 262 g/mol. The minimum Gasteiger partial charge on any atom is -0.490 e. The van der Waals surface area contributed by atoms with Gasteiger partial charge in [0.15, 0.2) is 0 Å². The molecule has 0 N–H and O–H groups in total. The smallest absolute Gasteiger partial charge is 0.119 e. The van der Waals surface area contributed by atoms with Crippen molar-refractivity contribution in [2.45, 2.75) is 44.6 Å². The lowest BCUT2D eigenvalue weighted by Gasteiger charge is -2.31. The molecule has 0 unspecified atom stereocenters. The zero-order chi connectivity index (χ0) is 14.5. The molecule has 0 atom stereocenters. The highest BCUT2D eigenvalue weighted by Crippen LogP contribution is 2.28. The molecule has 0 amide bonds. The van der Waals surface area contributed by atoms with Crippen molar-refractivity contribution in [2.75, 3.05) is 32.8 Å². The van der Waals surface area contributed by atoms with Gasteiger partial charge in [-0.2, -0.15) is 0 Å². The van der Waals surface area contributed by atoms with E-state index >= 15 is 0 Å². The van der Waals surface area contributed by atoms with Crippen molar-refractivity contribution < 1.29 is 9.47 Å². The maximum Gasteiger partial charge on any atom is 0.119 e. The molecule has 2 aliphatic heterocycles. The van der Waals surface area contributed by atoms with Gasteiger partial charge in [-0.1, -0.05) is 19.1 Å². The second kappa shape index (κ2) is 7.28. The lowest BCUT2D eigenvalue weighted by atomic mass is 9.92. The van der Waals surface area contributed by atoms with Crippen LogP contribution in [0.15, 0.2) is 24.3 Å². The van der Waals surface area contributed by atoms with Gasteiger partial charge in [0.1, 0.15) is 11.9 Å². The fourth-order valence-electron chi connectivity index (χ4n) is 3.39. The van der Waals surface area contributed by atoms with Gasteiger partial charge in [-0.05, 0) is 55.8 Å². The summed E-state index contributed by atoms with van der Waals surface area (Å²) in [5.41, 5.74) is 1.44. The van der Waals surface area contributed by atoms with Crippen LogP contribution < -0.4 is 4.74 Å². The number of likely N-dealkylation sites (tertiary alicyclic amines) is 1. The molecule has 3 heteroatoms. The summed E-state index contributed by atoms with van der Waals surface area (Å²) in [6, 6.07) is 8.78. The molecule has 2 aliphatic rings. The number of hydrogen-bond acceptors (Lipinski definition) is 3. The summed E-state index contributed by atoms with van der Waals surface area (Å²) in [5.74, 6) is 1.70. The number of ether oxygens (including phenoxy) is 2. The Kier molecular flexibility index (Phi) is 5.15. The topological polar surface area (TPSA) is 21.7 Å². The molecule has 0 aliphatic carbocycles. The first-order valence-electron chi connectivity index (χ1n) is 8.42. The number of piperidine rings is 1. The molecule has 2 saturated heterocycles. The normalized spacial score (nSPS) is 22.3. The molecule has 0 aromatic heterocycles. The van der Waals surface area contributed by atoms with E-state index in [1.807, 2.05) is 0 Å². The molecule has 1 aromatic rings. The van der Waals surface area contributed by atoms with Crippen LogP contribution in [0.4, 0.5) is 0 Å². The Labute approximate surface area is 128 Å². The minimum absolute atomic E-state index is 0.390. The first-order valence-corrected chi connectivity index (χ1v) is 8.42. The second-order valence-corrected chi connectivity index (χ2v) is 6.21. The van der Waals surface area contributed by atoms with E-state index in [9.17, 15) is 0 Å². The maximum absolute atomic E-state index is 6.14. The van der Waals surface area contributed by atoms with Crippen molar-refractivity contribution in [3.8, 4) is 5.75 Å². The molecule has 3 rings (SSSR count). The summed E-state index contributed by atoms with van der Waals surface area (Å²) in [4.78, 5) is 2.49. The second-order valence-electron chi connectivity index (χ2n) is 6.21. The van der Waals surface area contributed by atoms with E-state index in [1.165, 1.54) is 18.7 Å². The third-order valence-electron chi connectivity index (χ3n) is 4.86. The Morgan fingerprint density at radius 3 is 2.33 bits per heavy atom. The van der Waals surface area contributed by atoms with Crippen molar-refractivity contribution >= 4 is 0 Å². The Bertz CT molecular complexity index is 417. The summed E-state index contributed by atoms with van der Waals surface area (Å²) in [7, 11) is 0. The Hall–Kier alpha value is -1.06. The molecule has 0 saturated carbocycles. The summed E-state index contributed by atoms with van der Waals surface area (Å²) in [5, 5.41) is 0. The van der Waals surface area contributed by atoms with Gasteiger partial charge in [-0.3, -0.25) is 0 Å². The van der Waals surface area contributed by atoms with Crippen molar-refractivity contribution in [1.82, 2.24) is 4.90 Å². The van der Waals surface area contributed by atoms with Crippen molar-refractivity contribution in [1.29, 1.82) is 0 Å². The molecule has 2 heterocycles. The number of benzene rings is 1. The Morgan fingerprint density at radius 2 is 1.71 bits per heavy atom. The van der Waals surface area contributed by atoms with Gasteiger partial charge in [0, 0.05) is 26.3 Å². The zero-order valence-electron chi connectivity index (χ0n) is 13.1. The highest BCUT2D eigenvalue weighted by molar-refractivity contribution is 5.29. The minimum atomic E-state index is 0.390. The lowest BCUT2D eigenvalue weighted by molar-refractivity contribution is 0.0852. The van der Waals surface area contributed by atoms with Gasteiger partial charge in [-0.15, -0.1) is 0 Å². The maximum atomic E-state index is 6.14. The highest BCUT2D eigenvalue weighted by Gasteiger charge is 2.20. The van der Waals surface area contributed by atoms with Gasteiger partial charge in [0.05, 0.1) is 0 Å². The average molecular weight is 289 g/mol. The first-order chi connectivity index (χ1) is 10.3. The number of rotatable bonds is 4. The van der Waals surface area contributed by atoms with Crippen LogP contribution in [0.3, 0.4) is 0 Å². The fraction of sp³-hybridized carbons (Fsp3) is 0.667. The van der Waals surface area contributed by atoms with Crippen LogP contribution in [-0.2, 0) is 4.74 Å². The molecule has 3 nitrogen and oxygen atoms in total. The predicted octanol–water partition coefficient (Wildman–Crippen LogP) is 3.44. The van der Waals surface area contributed by atoms with Crippen LogP contribution in [0.5, 0.6) is 5.75 Å². The number of hydrogen-bond donors (Lipinski definition) is 0. The predicted molar refractivity (Wildman–Crippen MR) is 85.0 cm³/mol. The molecule has 0 radical (unpaired) electrons. The van der Waals surface area contributed by atoms with Gasteiger partial charge in [0.2, 0.25) is 0 Å². The molecule has 0 spiro atoms. The summed E-state index contributed by atoms with van der Waals surface area (Å²) in [6.45, 7) is 7.53. The summed E-state index contributed by atoms with van der Waals surface area (Å²) in [6.07, 6.45) is 4.98. The van der Waals surface area contributed by atoms with E-state index < -0.39 is 0 Å². The molecular formula is C18H27NO2. The van der Waals surface area contributed by atoms with Crippen LogP contribution in [0.25, 0.3) is 0 Å². The zero-order valence-corrected chi connectivity index (χ0v) is 13.1. The SMILES string of the molecule is CCN1CCC(Oc2ccc(C3CCOCC3)cc2)CC1. The third-order valence-corrected chi connectivity index (χ3v) is 4.86. The molecule has 116 valence electrons. The molecule has 2 fully saturated rings. The molecule has 0 bridgehead atoms. The van der Waals surface area contributed by atoms with E-state index in [-0.39, 0.29) is 0 Å². The van der Waals surface area contributed by atoms with E-state index in [4.69, 9.17) is 9.47 Å². The van der Waals surface area contributed by atoms with Crippen molar-refractivity contribution in [2.24, 2.45) is 0 Å². The van der Waals surface area contributed by atoms with Gasteiger partial charge >= 0.3 is 0 Å². The van der Waals surface area contributed by atoms with E-state index in [0.29, 0.717) is 12.0 Å². The van der Waals surface area contributed by atoms with Crippen LogP contribution in [-0.4, -0.2) is 43.9 Å². The molecule has 21 heavy (non-hydrogen) atoms. The third kappa shape index (κ3) is 3.98. The Morgan fingerprint density at radius 1 is 1.05 bits per heavy atom. The van der Waals surface area contributed by atoms with E-state index in [0.717, 1.165) is 51.2 Å². The van der Waals surface area contributed by atoms with Gasteiger partial charge in [-0.25, -0.2) is 0 Å². The highest BCUT2D eigenvalue weighted by atomic mass is 16.5. The summed E-state index contributed by atoms with van der Waals surface area (Å²) >= 11 is 0. The van der Waals surface area contributed by atoms with Gasteiger partial charge < -0.3 is 14.4 Å². The fourth-order valence-corrected chi connectivity index (χ4v) is 3.39. The average Bonchev–Trinajstić information content (AvgIpc) is 2.57. The van der Waals surface area contributed by atoms with Crippen LogP contribution in [0, 0.1) is 0 Å². The van der Waals surface area contributed by atoms with Crippen LogP contribution >= 0.6 is 0 Å².